The van der Waals surface area contributed by atoms with Crippen LogP contribution in [-0.2, 0) is 6.42 Å². The Kier molecular flexibility index (Phi) is 5.08. The number of amides is 1. The third-order valence-electron chi connectivity index (χ3n) is 4.91. The minimum Gasteiger partial charge on any atom is -0.392 e. The number of thiazole rings is 1. The van der Waals surface area contributed by atoms with Crippen molar-refractivity contribution < 1.29 is 9.18 Å². The van der Waals surface area contributed by atoms with Gasteiger partial charge in [-0.15, -0.1) is 11.3 Å². The molecular weight excluding hydrogens is 379 g/mol. The number of hydrogen-bond donors (Lipinski definition) is 2. The number of hydrogen-bond acceptors (Lipinski definition) is 7. The molecular formula is C19H21FN6OS. The van der Waals surface area contributed by atoms with E-state index in [4.69, 9.17) is 5.41 Å². The molecule has 0 bridgehead atoms. The molecule has 1 saturated heterocycles. The van der Waals surface area contributed by atoms with Gasteiger partial charge in [0, 0.05) is 50.7 Å². The van der Waals surface area contributed by atoms with Crippen LogP contribution in [0.15, 0.2) is 30.2 Å². The maximum absolute atomic E-state index is 13.4. The molecule has 146 valence electrons. The Hall–Kier alpha value is -2.81. The molecule has 1 unspecified atom stereocenters. The standard InChI is InChI=1S/C19H21FN6OS/c1-22-10-14(8-21)26-7-5-15-17(19(26)27)28-18(24-15)12-2-3-16(23-9-12)25-6-4-13(20)11-25/h2-3,8-10,13,21-22H,4-7,11H2,1H3/b14-10+,21-8?. The minimum atomic E-state index is -0.788. The van der Waals surface area contributed by atoms with Gasteiger partial charge in [-0.25, -0.2) is 14.4 Å². The van der Waals surface area contributed by atoms with Crippen molar-refractivity contribution in [3.63, 3.8) is 0 Å². The first-order chi connectivity index (χ1) is 13.6. The highest BCUT2D eigenvalue weighted by Crippen LogP contribution is 2.33. The molecule has 4 rings (SSSR count). The van der Waals surface area contributed by atoms with Crippen LogP contribution in [-0.4, -0.2) is 59.8 Å². The second-order valence-corrected chi connectivity index (χ2v) is 7.74. The first kappa shape index (κ1) is 18.5. The molecule has 28 heavy (non-hydrogen) atoms. The molecule has 0 saturated carbocycles. The second kappa shape index (κ2) is 7.67. The molecule has 2 aromatic heterocycles. The van der Waals surface area contributed by atoms with E-state index in [0.717, 1.165) is 22.1 Å². The van der Waals surface area contributed by atoms with E-state index in [9.17, 15) is 9.18 Å². The van der Waals surface area contributed by atoms with Gasteiger partial charge >= 0.3 is 0 Å². The third kappa shape index (κ3) is 3.37. The van der Waals surface area contributed by atoms with Gasteiger partial charge in [-0.05, 0) is 18.6 Å². The fourth-order valence-corrected chi connectivity index (χ4v) is 4.52. The van der Waals surface area contributed by atoms with Crippen LogP contribution < -0.4 is 10.2 Å². The zero-order valence-electron chi connectivity index (χ0n) is 15.5. The Morgan fingerprint density at radius 2 is 2.29 bits per heavy atom. The molecule has 2 aliphatic heterocycles. The Morgan fingerprint density at radius 3 is 2.93 bits per heavy atom. The molecule has 2 aromatic rings. The molecule has 4 heterocycles. The van der Waals surface area contributed by atoms with E-state index in [-0.39, 0.29) is 5.91 Å². The highest BCUT2D eigenvalue weighted by Gasteiger charge is 2.30. The fourth-order valence-electron chi connectivity index (χ4n) is 3.47. The number of alkyl halides is 1. The van der Waals surface area contributed by atoms with Crippen LogP contribution in [0.5, 0.6) is 0 Å². The predicted octanol–water partition coefficient (Wildman–Crippen LogP) is 2.46. The maximum atomic E-state index is 13.4. The zero-order chi connectivity index (χ0) is 19.7. The van der Waals surface area contributed by atoms with Crippen molar-refractivity contribution in [3.8, 4) is 10.6 Å². The van der Waals surface area contributed by atoms with Crippen LogP contribution in [0.25, 0.3) is 10.6 Å². The van der Waals surface area contributed by atoms with Crippen molar-refractivity contribution in [3.05, 3.63) is 40.8 Å². The first-order valence-corrected chi connectivity index (χ1v) is 9.97. The zero-order valence-corrected chi connectivity index (χ0v) is 16.3. The van der Waals surface area contributed by atoms with E-state index in [1.54, 1.807) is 24.3 Å². The fraction of sp³-hybridized carbons (Fsp3) is 0.368. The molecule has 2 N–H and O–H groups in total. The van der Waals surface area contributed by atoms with Crippen LogP contribution in [0.4, 0.5) is 10.2 Å². The lowest BCUT2D eigenvalue weighted by molar-refractivity contribution is 0.0804. The van der Waals surface area contributed by atoms with Gasteiger partial charge in [0.25, 0.3) is 5.91 Å². The lowest BCUT2D eigenvalue weighted by Gasteiger charge is -2.26. The summed E-state index contributed by atoms with van der Waals surface area (Å²) in [5.74, 6) is 0.630. The number of nitrogens with one attached hydrogen (secondary N) is 2. The number of aromatic nitrogens is 2. The highest BCUT2D eigenvalue weighted by atomic mass is 32.1. The number of nitrogens with zero attached hydrogens (tertiary/aromatic N) is 4. The number of carbonyl (C=O) groups excluding carboxylic acids is 1. The quantitative estimate of drug-likeness (QED) is 0.753. The molecule has 2 aliphatic rings. The van der Waals surface area contributed by atoms with Crippen LogP contribution in [0.3, 0.4) is 0 Å². The number of rotatable bonds is 5. The molecule has 1 amide bonds. The van der Waals surface area contributed by atoms with E-state index in [1.165, 1.54) is 17.6 Å². The van der Waals surface area contributed by atoms with E-state index in [1.807, 2.05) is 17.0 Å². The molecule has 1 fully saturated rings. The molecule has 0 aliphatic carbocycles. The number of allylic oxidation sites excluding steroid dienone is 1. The van der Waals surface area contributed by atoms with Crippen LogP contribution >= 0.6 is 11.3 Å². The predicted molar refractivity (Wildman–Crippen MR) is 108 cm³/mol. The van der Waals surface area contributed by atoms with Crippen LogP contribution in [0, 0.1) is 5.41 Å². The van der Waals surface area contributed by atoms with E-state index < -0.39 is 6.17 Å². The number of fused-ring (bicyclic) bond motifs is 1. The van der Waals surface area contributed by atoms with Crippen molar-refractivity contribution in [2.75, 3.05) is 31.6 Å². The monoisotopic (exact) mass is 400 g/mol. The van der Waals surface area contributed by atoms with Crippen molar-refractivity contribution in [2.24, 2.45) is 0 Å². The lowest BCUT2D eigenvalue weighted by Crippen LogP contribution is -2.37. The molecule has 0 spiro atoms. The van der Waals surface area contributed by atoms with Crippen molar-refractivity contribution in [1.29, 1.82) is 5.41 Å². The second-order valence-electron chi connectivity index (χ2n) is 6.74. The normalized spacial score (nSPS) is 19.7. The van der Waals surface area contributed by atoms with Gasteiger partial charge in [0.2, 0.25) is 0 Å². The summed E-state index contributed by atoms with van der Waals surface area (Å²) in [6.45, 7) is 1.56. The summed E-state index contributed by atoms with van der Waals surface area (Å²) in [4.78, 5) is 26.1. The average molecular weight is 400 g/mol. The van der Waals surface area contributed by atoms with E-state index >= 15 is 0 Å². The van der Waals surface area contributed by atoms with Gasteiger partial charge in [0.05, 0.1) is 17.9 Å². The van der Waals surface area contributed by atoms with Crippen molar-refractivity contribution in [1.82, 2.24) is 20.2 Å². The summed E-state index contributed by atoms with van der Waals surface area (Å²) in [5, 5.41) is 11.2. The number of pyridine rings is 1. The van der Waals surface area contributed by atoms with Crippen molar-refractivity contribution in [2.45, 2.75) is 19.0 Å². The number of anilines is 1. The molecule has 0 radical (unpaired) electrons. The van der Waals surface area contributed by atoms with Crippen LogP contribution in [0.1, 0.15) is 21.8 Å². The van der Waals surface area contributed by atoms with Crippen LogP contribution in [0.2, 0.25) is 0 Å². The topological polar surface area (TPSA) is 85.2 Å². The van der Waals surface area contributed by atoms with Gasteiger partial charge in [-0.1, -0.05) is 0 Å². The van der Waals surface area contributed by atoms with Gasteiger partial charge in [-0.2, -0.15) is 0 Å². The summed E-state index contributed by atoms with van der Waals surface area (Å²) in [6.07, 6.45) is 4.94. The highest BCUT2D eigenvalue weighted by molar-refractivity contribution is 7.17. The molecule has 9 heteroatoms. The largest absolute Gasteiger partial charge is 0.392 e. The number of halogens is 1. The maximum Gasteiger partial charge on any atom is 0.270 e. The summed E-state index contributed by atoms with van der Waals surface area (Å²) >= 11 is 1.35. The summed E-state index contributed by atoms with van der Waals surface area (Å²) in [5.41, 5.74) is 2.16. The molecule has 1 atom stereocenters. The summed E-state index contributed by atoms with van der Waals surface area (Å²) in [7, 11) is 1.74. The van der Waals surface area contributed by atoms with Gasteiger partial charge in [-0.3, -0.25) is 4.79 Å². The molecule has 7 nitrogen and oxygen atoms in total. The van der Waals surface area contributed by atoms with Gasteiger partial charge in [0.1, 0.15) is 21.9 Å². The Balaban J connectivity index is 1.56. The third-order valence-corrected chi connectivity index (χ3v) is 6.04. The van der Waals surface area contributed by atoms with Gasteiger partial charge < -0.3 is 20.5 Å². The van der Waals surface area contributed by atoms with E-state index in [2.05, 4.69) is 15.3 Å². The summed E-state index contributed by atoms with van der Waals surface area (Å²) in [6, 6.07) is 3.80. The Morgan fingerprint density at radius 1 is 1.43 bits per heavy atom. The minimum absolute atomic E-state index is 0.134. The lowest BCUT2D eigenvalue weighted by atomic mass is 10.1. The number of carbonyl (C=O) groups is 1. The van der Waals surface area contributed by atoms with E-state index in [0.29, 0.717) is 43.1 Å². The smallest absolute Gasteiger partial charge is 0.270 e. The summed E-state index contributed by atoms with van der Waals surface area (Å²) < 4.78 is 13.4. The average Bonchev–Trinajstić information content (AvgIpc) is 3.34. The molecule has 0 aromatic carbocycles. The Bertz CT molecular complexity index is 925. The SMILES string of the molecule is CN/C=C(\C=N)N1CCc2nc(-c3ccc(N4CCC(F)C4)nc3)sc2C1=O. The Labute approximate surface area is 166 Å². The van der Waals surface area contributed by atoms with Gasteiger partial charge in [0.15, 0.2) is 0 Å². The first-order valence-electron chi connectivity index (χ1n) is 9.15. The van der Waals surface area contributed by atoms with Crippen molar-refractivity contribution >= 4 is 29.3 Å².